The number of ether oxygens (including phenoxy) is 5. The summed E-state index contributed by atoms with van der Waals surface area (Å²) in [6.45, 7) is 4.29. The van der Waals surface area contributed by atoms with Gasteiger partial charge in [-0.05, 0) is 17.7 Å². The van der Waals surface area contributed by atoms with Crippen molar-refractivity contribution in [2.75, 3.05) is 6.79 Å². The van der Waals surface area contributed by atoms with Crippen LogP contribution in [-0.2, 0) is 23.8 Å². The Morgan fingerprint density at radius 2 is 1.81 bits per heavy atom. The normalized spacial score (nSPS) is 27.0. The van der Waals surface area contributed by atoms with Crippen molar-refractivity contribution in [2.24, 2.45) is 5.92 Å². The van der Waals surface area contributed by atoms with Crippen LogP contribution in [0.5, 0.6) is 11.5 Å². The van der Waals surface area contributed by atoms with E-state index in [1.54, 1.807) is 25.1 Å². The first-order valence-corrected chi connectivity index (χ1v) is 8.06. The first-order chi connectivity index (χ1) is 12.3. The van der Waals surface area contributed by atoms with E-state index in [1.165, 1.54) is 13.8 Å². The standard InChI is InChI=1S/C17H19NO8/c1-8-14(11-4-5-12-13(6-11)23-7-22-12)26-17(21)18-16(25-10(3)20)15(8)24-9(2)19/h4-6,8,14-16H,7H2,1-3H3,(H,18,21)/t8-,14+,15-,16+/m1/s1. The average Bonchev–Trinajstić information content (AvgIpc) is 2.99. The zero-order chi connectivity index (χ0) is 18.8. The molecular formula is C17H19NO8. The van der Waals surface area contributed by atoms with E-state index >= 15 is 0 Å². The number of carbonyl (C=O) groups is 3. The number of nitrogens with one attached hydrogen (secondary N) is 1. The molecule has 0 unspecified atom stereocenters. The largest absolute Gasteiger partial charge is 0.456 e. The average molecular weight is 365 g/mol. The maximum Gasteiger partial charge on any atom is 0.410 e. The summed E-state index contributed by atoms with van der Waals surface area (Å²) in [7, 11) is 0. The fraction of sp³-hybridized carbons (Fsp3) is 0.471. The molecule has 1 N–H and O–H groups in total. The topological polar surface area (TPSA) is 109 Å². The molecule has 1 aromatic rings. The van der Waals surface area contributed by atoms with Crippen LogP contribution in [0.15, 0.2) is 18.2 Å². The van der Waals surface area contributed by atoms with Gasteiger partial charge in [-0.1, -0.05) is 13.0 Å². The second-order valence-electron chi connectivity index (χ2n) is 6.05. The van der Waals surface area contributed by atoms with Gasteiger partial charge in [0.15, 0.2) is 17.6 Å². The lowest BCUT2D eigenvalue weighted by Crippen LogP contribution is -2.48. The van der Waals surface area contributed by atoms with Crippen LogP contribution in [0.3, 0.4) is 0 Å². The minimum atomic E-state index is -1.15. The number of amides is 1. The van der Waals surface area contributed by atoms with Crippen LogP contribution in [0.4, 0.5) is 4.79 Å². The van der Waals surface area contributed by atoms with Crippen molar-refractivity contribution in [2.45, 2.75) is 39.2 Å². The molecule has 2 heterocycles. The number of hydrogen-bond donors (Lipinski definition) is 1. The van der Waals surface area contributed by atoms with Gasteiger partial charge in [0.1, 0.15) is 6.10 Å². The van der Waals surface area contributed by atoms with Crippen LogP contribution in [0.2, 0.25) is 0 Å². The molecule has 2 aliphatic rings. The molecule has 2 aliphatic heterocycles. The molecule has 0 radical (unpaired) electrons. The molecule has 0 saturated carbocycles. The number of esters is 2. The maximum absolute atomic E-state index is 12.1. The van der Waals surface area contributed by atoms with Gasteiger partial charge in [-0.3, -0.25) is 14.9 Å². The van der Waals surface area contributed by atoms with Gasteiger partial charge in [0.2, 0.25) is 13.0 Å². The van der Waals surface area contributed by atoms with E-state index in [-0.39, 0.29) is 6.79 Å². The predicted octanol–water partition coefficient (Wildman–Crippen LogP) is 1.65. The van der Waals surface area contributed by atoms with Gasteiger partial charge < -0.3 is 23.7 Å². The minimum absolute atomic E-state index is 0.116. The Morgan fingerprint density at radius 3 is 2.50 bits per heavy atom. The summed E-state index contributed by atoms with van der Waals surface area (Å²) in [5.74, 6) is -0.583. The lowest BCUT2D eigenvalue weighted by Gasteiger charge is -2.30. The third-order valence-electron chi connectivity index (χ3n) is 4.11. The zero-order valence-electron chi connectivity index (χ0n) is 14.5. The molecule has 1 saturated heterocycles. The van der Waals surface area contributed by atoms with Gasteiger partial charge >= 0.3 is 18.0 Å². The molecule has 1 fully saturated rings. The smallest absolute Gasteiger partial charge is 0.410 e. The van der Waals surface area contributed by atoms with E-state index < -0.39 is 42.4 Å². The van der Waals surface area contributed by atoms with Crippen molar-refractivity contribution < 1.29 is 38.1 Å². The highest BCUT2D eigenvalue weighted by Crippen LogP contribution is 2.39. The molecule has 0 spiro atoms. The Balaban J connectivity index is 1.93. The van der Waals surface area contributed by atoms with Gasteiger partial charge in [-0.25, -0.2) is 4.79 Å². The summed E-state index contributed by atoms with van der Waals surface area (Å²) in [4.78, 5) is 35.0. The second kappa shape index (κ2) is 7.11. The van der Waals surface area contributed by atoms with Crippen molar-refractivity contribution >= 4 is 18.0 Å². The number of rotatable bonds is 3. The van der Waals surface area contributed by atoms with E-state index in [0.29, 0.717) is 17.1 Å². The quantitative estimate of drug-likeness (QED) is 0.636. The molecule has 9 heteroatoms. The van der Waals surface area contributed by atoms with Gasteiger partial charge in [0.05, 0.1) is 0 Å². The summed E-state index contributed by atoms with van der Waals surface area (Å²) < 4.78 is 26.5. The molecule has 1 aromatic carbocycles. The van der Waals surface area contributed by atoms with E-state index in [0.717, 1.165) is 0 Å². The Hall–Kier alpha value is -2.97. The minimum Gasteiger partial charge on any atom is -0.456 e. The number of cyclic esters (lactones) is 1. The Kier molecular flexibility index (Phi) is 4.88. The van der Waals surface area contributed by atoms with Crippen LogP contribution < -0.4 is 14.8 Å². The summed E-state index contributed by atoms with van der Waals surface area (Å²) in [6, 6.07) is 5.15. The van der Waals surface area contributed by atoms with Crippen molar-refractivity contribution in [3.63, 3.8) is 0 Å². The zero-order valence-corrected chi connectivity index (χ0v) is 14.5. The van der Waals surface area contributed by atoms with E-state index in [1.807, 2.05) is 0 Å². The van der Waals surface area contributed by atoms with Crippen LogP contribution in [0.1, 0.15) is 32.4 Å². The summed E-state index contributed by atoms with van der Waals surface area (Å²) in [5.41, 5.74) is 0.637. The summed E-state index contributed by atoms with van der Waals surface area (Å²) in [5, 5.41) is 2.41. The number of benzene rings is 1. The Morgan fingerprint density at radius 1 is 1.12 bits per heavy atom. The van der Waals surface area contributed by atoms with Crippen LogP contribution in [-0.4, -0.2) is 37.2 Å². The molecule has 3 rings (SSSR count). The van der Waals surface area contributed by atoms with Gasteiger partial charge in [0.25, 0.3) is 0 Å². The second-order valence-corrected chi connectivity index (χ2v) is 6.05. The Bertz CT molecular complexity index is 733. The maximum atomic E-state index is 12.1. The van der Waals surface area contributed by atoms with Crippen molar-refractivity contribution in [3.05, 3.63) is 23.8 Å². The van der Waals surface area contributed by atoms with Gasteiger partial charge in [-0.2, -0.15) is 0 Å². The molecule has 0 bridgehead atoms. The molecule has 1 amide bonds. The van der Waals surface area contributed by atoms with E-state index in [2.05, 4.69) is 5.32 Å². The molecule has 26 heavy (non-hydrogen) atoms. The highest BCUT2D eigenvalue weighted by atomic mass is 16.7. The van der Waals surface area contributed by atoms with E-state index in [4.69, 9.17) is 23.7 Å². The monoisotopic (exact) mass is 365 g/mol. The lowest BCUT2D eigenvalue weighted by atomic mass is 9.91. The fourth-order valence-electron chi connectivity index (χ4n) is 3.00. The number of carbonyl (C=O) groups excluding carboxylic acids is 3. The number of fused-ring (bicyclic) bond motifs is 1. The molecule has 9 nitrogen and oxygen atoms in total. The van der Waals surface area contributed by atoms with Crippen molar-refractivity contribution in [1.82, 2.24) is 5.32 Å². The fourth-order valence-corrected chi connectivity index (χ4v) is 3.00. The van der Waals surface area contributed by atoms with Crippen LogP contribution in [0, 0.1) is 5.92 Å². The first kappa shape index (κ1) is 17.8. The van der Waals surface area contributed by atoms with Crippen molar-refractivity contribution in [3.8, 4) is 11.5 Å². The predicted molar refractivity (Wildman–Crippen MR) is 85.2 cm³/mol. The number of alkyl carbamates (subject to hydrolysis) is 1. The molecule has 4 atom stereocenters. The molecule has 0 aromatic heterocycles. The van der Waals surface area contributed by atoms with E-state index in [9.17, 15) is 14.4 Å². The molecule has 0 aliphatic carbocycles. The Labute approximate surface area is 149 Å². The molecule has 140 valence electrons. The molecular weight excluding hydrogens is 346 g/mol. The number of hydrogen-bond acceptors (Lipinski definition) is 8. The van der Waals surface area contributed by atoms with Crippen LogP contribution >= 0.6 is 0 Å². The van der Waals surface area contributed by atoms with Gasteiger partial charge in [0, 0.05) is 19.8 Å². The highest BCUT2D eigenvalue weighted by molar-refractivity contribution is 5.71. The SMILES string of the molecule is CC(=O)O[C@@H]1[C@H](C)[C@@H](c2ccc3c(c2)OCO3)OC(=O)N[C@H]1OC(C)=O. The highest BCUT2D eigenvalue weighted by Gasteiger charge is 2.43. The third kappa shape index (κ3) is 3.66. The van der Waals surface area contributed by atoms with Gasteiger partial charge in [-0.15, -0.1) is 0 Å². The third-order valence-corrected chi connectivity index (χ3v) is 4.11. The lowest BCUT2D eigenvalue weighted by molar-refractivity contribution is -0.172. The van der Waals surface area contributed by atoms with Crippen molar-refractivity contribution in [1.29, 1.82) is 0 Å². The first-order valence-electron chi connectivity index (χ1n) is 8.06. The summed E-state index contributed by atoms with van der Waals surface area (Å²) in [6.07, 6.45) is -3.63. The van der Waals surface area contributed by atoms with Crippen LogP contribution in [0.25, 0.3) is 0 Å². The summed E-state index contributed by atoms with van der Waals surface area (Å²) >= 11 is 0.